The number of hydrogen-bond acceptors (Lipinski definition) is 11. The summed E-state index contributed by atoms with van der Waals surface area (Å²) >= 11 is 0. The van der Waals surface area contributed by atoms with Crippen molar-refractivity contribution in [3.8, 4) is 0 Å². The van der Waals surface area contributed by atoms with Gasteiger partial charge in [0.15, 0.2) is 0 Å². The number of ether oxygens (including phenoxy) is 7. The molecule has 4 amide bonds. The van der Waals surface area contributed by atoms with Crippen LogP contribution in [0.15, 0.2) is 12.2 Å². The summed E-state index contributed by atoms with van der Waals surface area (Å²) in [6.45, 7) is 8.60. The first-order valence-corrected chi connectivity index (χ1v) is 13.1. The van der Waals surface area contributed by atoms with Crippen molar-refractivity contribution in [3.05, 3.63) is 12.2 Å². The molecule has 0 saturated carbocycles. The summed E-state index contributed by atoms with van der Waals surface area (Å²) in [6, 6.07) is 0. The molecule has 0 radical (unpaired) electrons. The van der Waals surface area contributed by atoms with Crippen molar-refractivity contribution in [2.24, 2.45) is 0 Å². The van der Waals surface area contributed by atoms with Crippen LogP contribution in [-0.2, 0) is 52.3 Å². The van der Waals surface area contributed by atoms with Crippen molar-refractivity contribution in [3.63, 3.8) is 0 Å². The second-order valence-corrected chi connectivity index (χ2v) is 8.03. The SMILES string of the molecule is CC(=O)NCCOCCOCCOCCOCCOCCOCCOCCNC(=O)CCN1C(=O)C=CC1=O. The molecule has 1 rings (SSSR count). The van der Waals surface area contributed by atoms with Gasteiger partial charge in [-0.1, -0.05) is 0 Å². The van der Waals surface area contributed by atoms with E-state index in [0.717, 1.165) is 4.90 Å². The van der Waals surface area contributed by atoms with Crippen LogP contribution >= 0.6 is 0 Å². The van der Waals surface area contributed by atoms with E-state index in [2.05, 4.69) is 10.6 Å². The van der Waals surface area contributed by atoms with E-state index in [9.17, 15) is 19.2 Å². The Bertz CT molecular complexity index is 703. The molecule has 0 unspecified atom stereocenters. The molecule has 14 heteroatoms. The second kappa shape index (κ2) is 24.6. The minimum Gasteiger partial charge on any atom is -0.377 e. The topological polar surface area (TPSA) is 160 Å². The third-order valence-electron chi connectivity index (χ3n) is 4.88. The summed E-state index contributed by atoms with van der Waals surface area (Å²) in [5, 5.41) is 5.31. The van der Waals surface area contributed by atoms with Gasteiger partial charge in [0, 0.05) is 45.1 Å². The fraction of sp³-hybridized carbons (Fsp3) is 0.760. The average Bonchev–Trinajstić information content (AvgIpc) is 3.23. The van der Waals surface area contributed by atoms with Gasteiger partial charge in [-0.25, -0.2) is 0 Å². The highest BCUT2D eigenvalue weighted by atomic mass is 16.6. The first-order valence-electron chi connectivity index (χ1n) is 13.1. The maximum absolute atomic E-state index is 11.7. The van der Waals surface area contributed by atoms with Crippen LogP contribution in [0, 0.1) is 0 Å². The number of rotatable bonds is 27. The van der Waals surface area contributed by atoms with Crippen molar-refractivity contribution in [2.45, 2.75) is 13.3 Å². The van der Waals surface area contributed by atoms with Crippen LogP contribution in [0.3, 0.4) is 0 Å². The number of carbonyl (C=O) groups is 4. The zero-order valence-corrected chi connectivity index (χ0v) is 22.8. The highest BCUT2D eigenvalue weighted by Gasteiger charge is 2.23. The van der Waals surface area contributed by atoms with Gasteiger partial charge < -0.3 is 43.8 Å². The van der Waals surface area contributed by atoms with Crippen LogP contribution in [0.25, 0.3) is 0 Å². The van der Waals surface area contributed by atoms with Crippen molar-refractivity contribution >= 4 is 23.6 Å². The highest BCUT2D eigenvalue weighted by molar-refractivity contribution is 6.13. The van der Waals surface area contributed by atoms with Gasteiger partial charge in [-0.05, 0) is 0 Å². The lowest BCUT2D eigenvalue weighted by molar-refractivity contribution is -0.137. The molecule has 0 fully saturated rings. The Morgan fingerprint density at radius 3 is 1.28 bits per heavy atom. The van der Waals surface area contributed by atoms with Gasteiger partial charge in [0.25, 0.3) is 11.8 Å². The van der Waals surface area contributed by atoms with Crippen LogP contribution in [0.5, 0.6) is 0 Å². The molecule has 0 spiro atoms. The molecule has 0 atom stereocenters. The van der Waals surface area contributed by atoms with E-state index in [4.69, 9.17) is 33.2 Å². The second-order valence-electron chi connectivity index (χ2n) is 8.03. The van der Waals surface area contributed by atoms with E-state index < -0.39 is 11.8 Å². The van der Waals surface area contributed by atoms with Gasteiger partial charge >= 0.3 is 0 Å². The molecule has 2 N–H and O–H groups in total. The van der Waals surface area contributed by atoms with Crippen LogP contribution in [-0.4, -0.2) is 141 Å². The van der Waals surface area contributed by atoms with Crippen LogP contribution in [0.4, 0.5) is 0 Å². The molecule has 0 aliphatic carbocycles. The van der Waals surface area contributed by atoms with Crippen molar-refractivity contribution in [1.29, 1.82) is 0 Å². The van der Waals surface area contributed by atoms with E-state index in [1.165, 1.54) is 19.1 Å². The minimum absolute atomic E-state index is 0.0538. The van der Waals surface area contributed by atoms with Gasteiger partial charge in [-0.2, -0.15) is 0 Å². The lowest BCUT2D eigenvalue weighted by atomic mass is 10.3. The predicted octanol–water partition coefficient (Wildman–Crippen LogP) is -1.33. The van der Waals surface area contributed by atoms with Crippen LogP contribution in [0.2, 0.25) is 0 Å². The zero-order valence-electron chi connectivity index (χ0n) is 22.8. The van der Waals surface area contributed by atoms with Crippen molar-refractivity contribution in [1.82, 2.24) is 15.5 Å². The van der Waals surface area contributed by atoms with Gasteiger partial charge in [0.2, 0.25) is 11.8 Å². The molecule has 224 valence electrons. The molecular weight excluding hydrogens is 518 g/mol. The highest BCUT2D eigenvalue weighted by Crippen LogP contribution is 2.03. The van der Waals surface area contributed by atoms with E-state index in [1.54, 1.807) is 0 Å². The number of nitrogens with zero attached hydrogens (tertiary/aromatic N) is 1. The molecular formula is C25H43N3O11. The summed E-state index contributed by atoms with van der Waals surface area (Å²) < 4.78 is 37.7. The molecule has 1 aliphatic rings. The Morgan fingerprint density at radius 2 is 0.923 bits per heavy atom. The van der Waals surface area contributed by atoms with Crippen molar-refractivity contribution in [2.75, 3.05) is 112 Å². The normalized spacial score (nSPS) is 12.9. The molecule has 14 nitrogen and oxygen atoms in total. The van der Waals surface area contributed by atoms with Gasteiger partial charge in [-0.3, -0.25) is 24.1 Å². The number of amides is 4. The molecule has 1 aliphatic heterocycles. The lowest BCUT2D eigenvalue weighted by Gasteiger charge is -2.13. The monoisotopic (exact) mass is 561 g/mol. The predicted molar refractivity (Wildman–Crippen MR) is 138 cm³/mol. The van der Waals surface area contributed by atoms with Crippen LogP contribution in [0.1, 0.15) is 13.3 Å². The quantitative estimate of drug-likeness (QED) is 0.0903. The summed E-state index contributed by atoms with van der Waals surface area (Å²) in [6.07, 6.45) is 2.44. The average molecular weight is 562 g/mol. The number of imide groups is 1. The van der Waals surface area contributed by atoms with E-state index in [0.29, 0.717) is 106 Å². The Balaban J connectivity index is 1.69. The first kappa shape index (κ1) is 34.6. The number of hydrogen-bond donors (Lipinski definition) is 2. The number of carbonyl (C=O) groups excluding carboxylic acids is 4. The van der Waals surface area contributed by atoms with Gasteiger partial charge in [-0.15, -0.1) is 0 Å². The zero-order chi connectivity index (χ0) is 28.4. The third-order valence-corrected chi connectivity index (χ3v) is 4.88. The standard InChI is InChI=1S/C25H43N3O11/c1-22(29)26-5-8-33-10-12-35-14-16-37-18-20-39-21-19-38-17-15-36-13-11-34-9-6-27-23(30)4-7-28-24(31)2-3-25(28)32/h2-3H,4-21H2,1H3,(H,26,29)(H,27,30). The maximum atomic E-state index is 11.7. The largest absolute Gasteiger partial charge is 0.377 e. The summed E-state index contributed by atoms with van der Waals surface area (Å²) in [5.41, 5.74) is 0. The molecule has 1 heterocycles. The van der Waals surface area contributed by atoms with E-state index in [1.807, 2.05) is 0 Å². The van der Waals surface area contributed by atoms with Crippen LogP contribution < -0.4 is 10.6 Å². The number of nitrogens with one attached hydrogen (secondary N) is 2. The van der Waals surface area contributed by atoms with Gasteiger partial charge in [0.05, 0.1) is 92.5 Å². The fourth-order valence-corrected chi connectivity index (χ4v) is 2.94. The lowest BCUT2D eigenvalue weighted by Crippen LogP contribution is -2.35. The molecule has 0 bridgehead atoms. The first-order chi connectivity index (χ1) is 19.0. The molecule has 39 heavy (non-hydrogen) atoms. The molecule has 0 aromatic heterocycles. The van der Waals surface area contributed by atoms with Crippen molar-refractivity contribution < 1.29 is 52.3 Å². The van der Waals surface area contributed by atoms with E-state index >= 15 is 0 Å². The van der Waals surface area contributed by atoms with Gasteiger partial charge in [0.1, 0.15) is 0 Å². The minimum atomic E-state index is -0.397. The molecule has 0 aromatic rings. The Hall–Kier alpha value is -2.46. The summed E-state index contributed by atoms with van der Waals surface area (Å²) in [7, 11) is 0. The summed E-state index contributed by atoms with van der Waals surface area (Å²) in [4.78, 5) is 46.3. The Kier molecular flexibility index (Phi) is 21.8. The smallest absolute Gasteiger partial charge is 0.253 e. The fourth-order valence-electron chi connectivity index (χ4n) is 2.94. The Labute approximate surface area is 229 Å². The third kappa shape index (κ3) is 21.1. The van der Waals surface area contributed by atoms with E-state index in [-0.39, 0.29) is 24.8 Å². The maximum Gasteiger partial charge on any atom is 0.253 e. The summed E-state index contributed by atoms with van der Waals surface area (Å²) in [5.74, 6) is -1.12. The Morgan fingerprint density at radius 1 is 0.590 bits per heavy atom. The molecule has 0 aromatic carbocycles. The molecule has 0 saturated heterocycles.